The van der Waals surface area contributed by atoms with Crippen molar-refractivity contribution in [2.75, 3.05) is 44.6 Å². The molecule has 0 bridgehead atoms. The number of aryl methyl sites for hydroxylation is 1. The largest absolute Gasteiger partial charge is 0.350 e. The van der Waals surface area contributed by atoms with E-state index >= 15 is 0 Å². The molecule has 1 aliphatic rings. The Hall–Kier alpha value is -1.34. The molecule has 2 amide bonds. The molecule has 28 heavy (non-hydrogen) atoms. The van der Waals surface area contributed by atoms with Gasteiger partial charge in [-0.05, 0) is 58.8 Å². The summed E-state index contributed by atoms with van der Waals surface area (Å²) in [6, 6.07) is 3.55. The van der Waals surface area contributed by atoms with Crippen LogP contribution in [0.2, 0.25) is 10.0 Å². The Balaban J connectivity index is 1.85. The normalized spacial score (nSPS) is 16.5. The second kappa shape index (κ2) is 9.92. The number of benzene rings is 1. The van der Waals surface area contributed by atoms with Gasteiger partial charge in [-0.3, -0.25) is 19.4 Å². The summed E-state index contributed by atoms with van der Waals surface area (Å²) in [5, 5.41) is 6.72. The highest BCUT2D eigenvalue weighted by Crippen LogP contribution is 2.32. The van der Waals surface area contributed by atoms with Crippen LogP contribution in [-0.2, 0) is 9.59 Å². The summed E-state index contributed by atoms with van der Waals surface area (Å²) in [6.45, 7) is 11.6. The zero-order valence-electron chi connectivity index (χ0n) is 17.1. The number of anilines is 1. The highest BCUT2D eigenvalue weighted by Gasteiger charge is 2.21. The summed E-state index contributed by atoms with van der Waals surface area (Å²) < 4.78 is 0. The van der Waals surface area contributed by atoms with E-state index in [1.54, 1.807) is 6.07 Å². The summed E-state index contributed by atoms with van der Waals surface area (Å²) in [5.41, 5.74) is 1.09. The molecule has 0 aromatic heterocycles. The maximum Gasteiger partial charge on any atom is 0.238 e. The fraction of sp³-hybridized carbons (Fsp3) is 0.600. The number of hydrogen-bond donors (Lipinski definition) is 2. The number of carbonyl (C=O) groups is 2. The van der Waals surface area contributed by atoms with E-state index in [-0.39, 0.29) is 23.9 Å². The molecule has 2 N–H and O–H groups in total. The minimum Gasteiger partial charge on any atom is -0.350 e. The topological polar surface area (TPSA) is 64.7 Å². The maximum absolute atomic E-state index is 12.5. The van der Waals surface area contributed by atoms with Gasteiger partial charge >= 0.3 is 0 Å². The first-order valence-corrected chi connectivity index (χ1v) is 10.3. The number of nitrogens with one attached hydrogen (secondary N) is 2. The van der Waals surface area contributed by atoms with Gasteiger partial charge in [-0.1, -0.05) is 29.3 Å². The lowest BCUT2D eigenvalue weighted by molar-refractivity contribution is -0.123. The lowest BCUT2D eigenvalue weighted by Gasteiger charge is -2.25. The van der Waals surface area contributed by atoms with Crippen LogP contribution >= 0.6 is 23.2 Å². The first-order chi connectivity index (χ1) is 13.0. The molecule has 1 fully saturated rings. The van der Waals surface area contributed by atoms with Crippen molar-refractivity contribution in [1.29, 1.82) is 0 Å². The fourth-order valence-electron chi connectivity index (χ4n) is 3.15. The molecule has 0 saturated carbocycles. The Kier molecular flexibility index (Phi) is 8.13. The number of rotatable bonds is 5. The van der Waals surface area contributed by atoms with Crippen LogP contribution in [0, 0.1) is 6.92 Å². The molecule has 0 radical (unpaired) electrons. The van der Waals surface area contributed by atoms with Gasteiger partial charge < -0.3 is 10.6 Å². The van der Waals surface area contributed by atoms with Crippen LogP contribution in [0.5, 0.6) is 0 Å². The van der Waals surface area contributed by atoms with E-state index in [1.807, 2.05) is 33.8 Å². The smallest absolute Gasteiger partial charge is 0.238 e. The van der Waals surface area contributed by atoms with Gasteiger partial charge in [0.2, 0.25) is 11.8 Å². The van der Waals surface area contributed by atoms with E-state index < -0.39 is 0 Å². The number of carbonyl (C=O) groups excluding carboxylic acids is 2. The summed E-state index contributed by atoms with van der Waals surface area (Å²) >= 11 is 12.4. The predicted molar refractivity (Wildman–Crippen MR) is 115 cm³/mol. The van der Waals surface area contributed by atoms with Gasteiger partial charge in [-0.25, -0.2) is 0 Å². The maximum atomic E-state index is 12.5. The average molecular weight is 429 g/mol. The first-order valence-electron chi connectivity index (χ1n) is 9.55. The van der Waals surface area contributed by atoms with E-state index in [0.29, 0.717) is 22.3 Å². The number of hydrogen-bond acceptors (Lipinski definition) is 4. The van der Waals surface area contributed by atoms with Gasteiger partial charge in [0.15, 0.2) is 0 Å². The quantitative estimate of drug-likeness (QED) is 0.755. The lowest BCUT2D eigenvalue weighted by Crippen LogP contribution is -2.46. The zero-order chi connectivity index (χ0) is 20.9. The van der Waals surface area contributed by atoms with E-state index in [9.17, 15) is 9.59 Å². The molecule has 0 unspecified atom stereocenters. The van der Waals surface area contributed by atoms with Gasteiger partial charge in [0.1, 0.15) is 0 Å². The molecule has 6 nitrogen and oxygen atoms in total. The SMILES string of the molecule is Cc1ccc(Cl)c(NC(=O)CN2CCCN(CC(=O)NC(C)(C)C)CC2)c1Cl. The summed E-state index contributed by atoms with van der Waals surface area (Å²) in [4.78, 5) is 28.8. The van der Waals surface area contributed by atoms with Crippen LogP contribution in [0.3, 0.4) is 0 Å². The van der Waals surface area contributed by atoms with Crippen molar-refractivity contribution < 1.29 is 9.59 Å². The third-order valence-corrected chi connectivity index (χ3v) is 5.28. The lowest BCUT2D eigenvalue weighted by atomic mass is 10.1. The van der Waals surface area contributed by atoms with E-state index in [1.165, 1.54) is 0 Å². The van der Waals surface area contributed by atoms with E-state index in [2.05, 4.69) is 20.4 Å². The number of nitrogens with zero attached hydrogens (tertiary/aromatic N) is 2. The predicted octanol–water partition coefficient (Wildman–Crippen LogP) is 3.16. The van der Waals surface area contributed by atoms with Crippen molar-refractivity contribution in [2.24, 2.45) is 0 Å². The molecule has 1 aromatic carbocycles. The van der Waals surface area contributed by atoms with Gasteiger partial charge in [0.05, 0.1) is 28.8 Å². The van der Waals surface area contributed by atoms with Crippen LogP contribution in [-0.4, -0.2) is 66.4 Å². The molecule has 1 heterocycles. The van der Waals surface area contributed by atoms with Crippen LogP contribution in [0.25, 0.3) is 0 Å². The number of amides is 2. The molecule has 1 saturated heterocycles. The van der Waals surface area contributed by atoms with Crippen LogP contribution in [0.1, 0.15) is 32.8 Å². The van der Waals surface area contributed by atoms with Gasteiger partial charge in [-0.2, -0.15) is 0 Å². The Labute approximate surface area is 177 Å². The Morgan fingerprint density at radius 1 is 1.00 bits per heavy atom. The second-order valence-corrected chi connectivity index (χ2v) is 9.09. The van der Waals surface area contributed by atoms with Crippen molar-refractivity contribution in [2.45, 2.75) is 39.7 Å². The Morgan fingerprint density at radius 3 is 2.14 bits per heavy atom. The Morgan fingerprint density at radius 2 is 1.57 bits per heavy atom. The van der Waals surface area contributed by atoms with Gasteiger partial charge in [0, 0.05) is 18.6 Å². The highest BCUT2D eigenvalue weighted by atomic mass is 35.5. The highest BCUT2D eigenvalue weighted by molar-refractivity contribution is 6.40. The minimum atomic E-state index is -0.231. The third kappa shape index (κ3) is 7.24. The van der Waals surface area contributed by atoms with Crippen molar-refractivity contribution in [1.82, 2.24) is 15.1 Å². The molecular weight excluding hydrogens is 399 g/mol. The van der Waals surface area contributed by atoms with E-state index in [0.717, 1.165) is 38.2 Å². The third-order valence-electron chi connectivity index (χ3n) is 4.48. The van der Waals surface area contributed by atoms with Gasteiger partial charge in [-0.15, -0.1) is 0 Å². The zero-order valence-corrected chi connectivity index (χ0v) is 18.6. The van der Waals surface area contributed by atoms with Crippen LogP contribution in [0.4, 0.5) is 5.69 Å². The van der Waals surface area contributed by atoms with Crippen LogP contribution < -0.4 is 10.6 Å². The second-order valence-electron chi connectivity index (χ2n) is 8.31. The molecule has 1 aliphatic heterocycles. The minimum absolute atomic E-state index is 0.0300. The van der Waals surface area contributed by atoms with Crippen LogP contribution in [0.15, 0.2) is 12.1 Å². The van der Waals surface area contributed by atoms with Crippen molar-refractivity contribution in [3.05, 3.63) is 27.7 Å². The molecule has 0 aliphatic carbocycles. The molecule has 0 spiro atoms. The molecule has 2 rings (SSSR count). The molecule has 156 valence electrons. The van der Waals surface area contributed by atoms with Crippen molar-refractivity contribution in [3.8, 4) is 0 Å². The molecule has 1 aromatic rings. The average Bonchev–Trinajstić information content (AvgIpc) is 2.78. The molecular formula is C20H30Cl2N4O2. The van der Waals surface area contributed by atoms with Crippen molar-refractivity contribution in [3.63, 3.8) is 0 Å². The van der Waals surface area contributed by atoms with Crippen molar-refractivity contribution >= 4 is 40.7 Å². The first kappa shape index (κ1) is 22.9. The van der Waals surface area contributed by atoms with E-state index in [4.69, 9.17) is 23.2 Å². The number of halogens is 2. The molecule has 8 heteroatoms. The summed E-state index contributed by atoms with van der Waals surface area (Å²) in [5.74, 6) is -0.115. The van der Waals surface area contributed by atoms with Gasteiger partial charge in [0.25, 0.3) is 0 Å². The summed E-state index contributed by atoms with van der Waals surface area (Å²) in [6.07, 6.45) is 0.905. The Bertz CT molecular complexity index is 719. The fourth-order valence-corrected chi connectivity index (χ4v) is 3.62. The molecule has 0 atom stereocenters. The monoisotopic (exact) mass is 428 g/mol. The summed E-state index contributed by atoms with van der Waals surface area (Å²) in [7, 11) is 0. The standard InChI is InChI=1S/C20H30Cl2N4O2/c1-14-6-7-15(21)19(18(14)22)23-16(27)12-25-8-5-9-26(11-10-25)13-17(28)24-20(2,3)4/h6-7H,5,8-13H2,1-4H3,(H,23,27)(H,24,28).